The molecule has 0 fully saturated rings. The minimum Gasteiger partial charge on any atom is -0.495 e. The van der Waals surface area contributed by atoms with Gasteiger partial charge in [-0.2, -0.15) is 0 Å². The van der Waals surface area contributed by atoms with Crippen molar-refractivity contribution >= 4 is 11.4 Å². The maximum Gasteiger partial charge on any atom is 0.142 e. The zero-order valence-electron chi connectivity index (χ0n) is 12.7. The molecular weight excluding hydrogens is 260 g/mol. The Bertz CT molecular complexity index is 624. The molecule has 0 saturated heterocycles. The Hall–Kier alpha value is -2.16. The summed E-state index contributed by atoms with van der Waals surface area (Å²) in [6, 6.07) is 14.9. The van der Waals surface area contributed by atoms with Crippen molar-refractivity contribution < 1.29 is 4.74 Å². The van der Waals surface area contributed by atoms with Crippen molar-refractivity contribution in [2.45, 2.75) is 19.4 Å². The van der Waals surface area contributed by atoms with Crippen LogP contribution in [0.1, 0.15) is 17.5 Å². The van der Waals surface area contributed by atoms with E-state index in [0.29, 0.717) is 0 Å². The first-order chi connectivity index (χ1) is 10.3. The van der Waals surface area contributed by atoms with E-state index >= 15 is 0 Å². The van der Waals surface area contributed by atoms with E-state index in [1.54, 1.807) is 7.11 Å². The zero-order chi connectivity index (χ0) is 14.7. The molecule has 1 N–H and O–H groups in total. The lowest BCUT2D eigenvalue weighted by molar-refractivity contribution is 0.415. The van der Waals surface area contributed by atoms with Crippen LogP contribution in [0.4, 0.5) is 11.4 Å². The standard InChI is InChI=1S/C18H22N2O/c1-20(17-7-3-4-8-18(17)21-2)13-14-9-10-16-15(12-14)6-5-11-19-16/h3-4,7-10,12,19H,5-6,11,13H2,1-2H3. The SMILES string of the molecule is COc1ccccc1N(C)Cc1ccc2c(c1)CCCN2. The molecule has 0 radical (unpaired) electrons. The number of nitrogens with zero attached hydrogens (tertiary/aromatic N) is 1. The topological polar surface area (TPSA) is 24.5 Å². The van der Waals surface area contributed by atoms with Crippen molar-refractivity contribution in [1.82, 2.24) is 0 Å². The number of anilines is 2. The van der Waals surface area contributed by atoms with Gasteiger partial charge in [0, 0.05) is 25.8 Å². The van der Waals surface area contributed by atoms with Crippen LogP contribution in [0.5, 0.6) is 5.75 Å². The molecule has 0 saturated carbocycles. The van der Waals surface area contributed by atoms with Crippen LogP contribution in [0.3, 0.4) is 0 Å². The summed E-state index contributed by atoms with van der Waals surface area (Å²) in [5.41, 5.74) is 5.19. The second kappa shape index (κ2) is 6.08. The molecule has 0 amide bonds. The van der Waals surface area contributed by atoms with Crippen LogP contribution in [0.2, 0.25) is 0 Å². The van der Waals surface area contributed by atoms with Gasteiger partial charge in [-0.25, -0.2) is 0 Å². The Morgan fingerprint density at radius 3 is 2.90 bits per heavy atom. The lowest BCUT2D eigenvalue weighted by Gasteiger charge is -2.23. The Morgan fingerprint density at radius 1 is 1.19 bits per heavy atom. The summed E-state index contributed by atoms with van der Waals surface area (Å²) in [6.07, 6.45) is 2.40. The predicted molar refractivity (Wildman–Crippen MR) is 88.4 cm³/mol. The van der Waals surface area contributed by atoms with Crippen LogP contribution in [0, 0.1) is 0 Å². The third-order valence-corrected chi connectivity index (χ3v) is 4.02. The largest absolute Gasteiger partial charge is 0.495 e. The lowest BCUT2D eigenvalue weighted by Crippen LogP contribution is -2.18. The molecule has 0 aliphatic carbocycles. The number of aryl methyl sites for hydroxylation is 1. The second-order valence-electron chi connectivity index (χ2n) is 5.55. The average molecular weight is 282 g/mol. The van der Waals surface area contributed by atoms with Crippen molar-refractivity contribution in [3.63, 3.8) is 0 Å². The van der Waals surface area contributed by atoms with Gasteiger partial charge >= 0.3 is 0 Å². The molecule has 110 valence electrons. The van der Waals surface area contributed by atoms with Gasteiger partial charge in [-0.05, 0) is 42.2 Å². The van der Waals surface area contributed by atoms with E-state index in [1.165, 1.54) is 29.7 Å². The molecule has 1 heterocycles. The summed E-state index contributed by atoms with van der Waals surface area (Å²) in [5.74, 6) is 0.916. The molecule has 0 atom stereocenters. The summed E-state index contributed by atoms with van der Waals surface area (Å²) in [4.78, 5) is 2.23. The van der Waals surface area contributed by atoms with E-state index in [4.69, 9.17) is 4.74 Å². The highest BCUT2D eigenvalue weighted by atomic mass is 16.5. The summed E-state index contributed by atoms with van der Waals surface area (Å²) in [5, 5.41) is 3.46. The van der Waals surface area contributed by atoms with Crippen molar-refractivity contribution in [1.29, 1.82) is 0 Å². The zero-order valence-corrected chi connectivity index (χ0v) is 12.7. The van der Waals surface area contributed by atoms with Gasteiger partial charge in [0.1, 0.15) is 5.75 Å². The van der Waals surface area contributed by atoms with Gasteiger partial charge in [0.2, 0.25) is 0 Å². The van der Waals surface area contributed by atoms with Crippen LogP contribution >= 0.6 is 0 Å². The van der Waals surface area contributed by atoms with E-state index in [0.717, 1.165) is 24.5 Å². The first-order valence-electron chi connectivity index (χ1n) is 7.48. The quantitative estimate of drug-likeness (QED) is 0.925. The number of hydrogen-bond donors (Lipinski definition) is 1. The number of rotatable bonds is 4. The molecule has 0 spiro atoms. The molecule has 2 aromatic carbocycles. The van der Waals surface area contributed by atoms with Gasteiger partial charge in [0.15, 0.2) is 0 Å². The fourth-order valence-corrected chi connectivity index (χ4v) is 2.93. The molecule has 3 rings (SSSR count). The maximum atomic E-state index is 5.44. The van der Waals surface area contributed by atoms with Crippen LogP contribution < -0.4 is 15.0 Å². The molecule has 3 heteroatoms. The van der Waals surface area contributed by atoms with Crippen LogP contribution in [0.25, 0.3) is 0 Å². The minimum atomic E-state index is 0.883. The molecule has 0 bridgehead atoms. The molecule has 3 nitrogen and oxygen atoms in total. The number of methoxy groups -OCH3 is 1. The van der Waals surface area contributed by atoms with Gasteiger partial charge < -0.3 is 15.0 Å². The third kappa shape index (κ3) is 2.97. The van der Waals surface area contributed by atoms with Crippen LogP contribution in [0.15, 0.2) is 42.5 Å². The molecule has 1 aliphatic rings. The lowest BCUT2D eigenvalue weighted by atomic mass is 10.0. The fraction of sp³-hybridized carbons (Fsp3) is 0.333. The highest BCUT2D eigenvalue weighted by molar-refractivity contribution is 5.59. The molecule has 2 aromatic rings. The first kappa shape index (κ1) is 13.8. The Morgan fingerprint density at radius 2 is 2.05 bits per heavy atom. The van der Waals surface area contributed by atoms with Gasteiger partial charge in [0.25, 0.3) is 0 Å². The Labute approximate surface area is 126 Å². The fourth-order valence-electron chi connectivity index (χ4n) is 2.93. The maximum absolute atomic E-state index is 5.44. The molecule has 0 unspecified atom stereocenters. The van der Waals surface area contributed by atoms with E-state index < -0.39 is 0 Å². The number of hydrogen-bond acceptors (Lipinski definition) is 3. The number of fused-ring (bicyclic) bond motifs is 1. The van der Waals surface area contributed by atoms with E-state index in [2.05, 4.69) is 41.5 Å². The summed E-state index contributed by atoms with van der Waals surface area (Å²) < 4.78 is 5.44. The normalized spacial score (nSPS) is 13.2. The van der Waals surface area contributed by atoms with E-state index in [9.17, 15) is 0 Å². The van der Waals surface area contributed by atoms with Gasteiger partial charge in [-0.1, -0.05) is 24.3 Å². The molecular formula is C18H22N2O. The summed E-state index contributed by atoms with van der Waals surface area (Å²) >= 11 is 0. The Kier molecular flexibility index (Phi) is 4.00. The number of ether oxygens (including phenoxy) is 1. The number of nitrogens with one attached hydrogen (secondary N) is 1. The number of para-hydroxylation sites is 2. The van der Waals surface area contributed by atoms with E-state index in [1.807, 2.05) is 18.2 Å². The van der Waals surface area contributed by atoms with Crippen molar-refractivity contribution in [2.75, 3.05) is 30.9 Å². The summed E-state index contributed by atoms with van der Waals surface area (Å²) in [7, 11) is 3.83. The summed E-state index contributed by atoms with van der Waals surface area (Å²) in [6.45, 7) is 1.97. The van der Waals surface area contributed by atoms with Gasteiger partial charge in [-0.3, -0.25) is 0 Å². The molecule has 21 heavy (non-hydrogen) atoms. The minimum absolute atomic E-state index is 0.883. The first-order valence-corrected chi connectivity index (χ1v) is 7.48. The highest BCUT2D eigenvalue weighted by Gasteiger charge is 2.11. The number of benzene rings is 2. The van der Waals surface area contributed by atoms with Crippen molar-refractivity contribution in [3.8, 4) is 5.75 Å². The predicted octanol–water partition coefficient (Wildman–Crippen LogP) is 3.69. The van der Waals surface area contributed by atoms with Gasteiger partial charge in [0.05, 0.1) is 12.8 Å². The highest BCUT2D eigenvalue weighted by Crippen LogP contribution is 2.29. The van der Waals surface area contributed by atoms with Gasteiger partial charge in [-0.15, -0.1) is 0 Å². The third-order valence-electron chi connectivity index (χ3n) is 4.02. The average Bonchev–Trinajstić information content (AvgIpc) is 2.54. The Balaban J connectivity index is 1.79. The van der Waals surface area contributed by atoms with Crippen molar-refractivity contribution in [2.24, 2.45) is 0 Å². The van der Waals surface area contributed by atoms with Crippen LogP contribution in [-0.2, 0) is 13.0 Å². The second-order valence-corrected chi connectivity index (χ2v) is 5.55. The molecule has 0 aromatic heterocycles. The van der Waals surface area contributed by atoms with Crippen LogP contribution in [-0.4, -0.2) is 20.7 Å². The van der Waals surface area contributed by atoms with E-state index in [-0.39, 0.29) is 0 Å². The monoisotopic (exact) mass is 282 g/mol. The molecule has 1 aliphatic heterocycles. The van der Waals surface area contributed by atoms with Crippen molar-refractivity contribution in [3.05, 3.63) is 53.6 Å². The smallest absolute Gasteiger partial charge is 0.142 e.